The normalized spacial score (nSPS) is 48.6. The molecular weight excluding hydrogens is 434 g/mol. The van der Waals surface area contributed by atoms with Crippen molar-refractivity contribution in [3.63, 3.8) is 0 Å². The average Bonchev–Trinajstić information content (AvgIpc) is 3.32. The number of fused-ring (bicyclic) bond motifs is 7. The van der Waals surface area contributed by atoms with E-state index < -0.39 is 29.8 Å². The number of hydrogen-bond donors (Lipinski definition) is 2. The zero-order valence-corrected chi connectivity index (χ0v) is 20.2. The Hall–Kier alpha value is -1.38. The highest BCUT2D eigenvalue weighted by Crippen LogP contribution is 2.69. The summed E-state index contributed by atoms with van der Waals surface area (Å²) in [7, 11) is 0. The van der Waals surface area contributed by atoms with Gasteiger partial charge in [-0.15, -0.1) is 0 Å². The predicted octanol–water partition coefficient (Wildman–Crippen LogP) is 3.06. The molecule has 1 heterocycles. The van der Waals surface area contributed by atoms with E-state index in [1.54, 1.807) is 17.4 Å². The van der Waals surface area contributed by atoms with Gasteiger partial charge in [0, 0.05) is 16.7 Å². The molecule has 7 nitrogen and oxygen atoms in total. The fraction of sp³-hybridized carbons (Fsp3) is 0.778. The summed E-state index contributed by atoms with van der Waals surface area (Å²) in [6, 6.07) is 0.122. The highest BCUT2D eigenvalue weighted by Gasteiger charge is 2.76. The van der Waals surface area contributed by atoms with Crippen LogP contribution < -0.4 is 0 Å². The lowest BCUT2D eigenvalue weighted by molar-refractivity contribution is -0.365. The zero-order chi connectivity index (χ0) is 23.9. The minimum atomic E-state index is -1.27. The van der Waals surface area contributed by atoms with Crippen LogP contribution in [-0.2, 0) is 19.3 Å². The minimum absolute atomic E-state index is 0.0218. The maximum absolute atomic E-state index is 13.5. The molecule has 6 unspecified atom stereocenters. The second-order valence-electron chi connectivity index (χ2n) is 12.0. The number of carbonyl (C=O) groups is 2. The van der Waals surface area contributed by atoms with Gasteiger partial charge in [-0.05, 0) is 62.5 Å². The van der Waals surface area contributed by atoms with Gasteiger partial charge in [-0.1, -0.05) is 50.0 Å². The zero-order valence-electron chi connectivity index (χ0n) is 20.2. The third-order valence-electron chi connectivity index (χ3n) is 10.6. The van der Waals surface area contributed by atoms with E-state index >= 15 is 0 Å². The molecule has 6 rings (SSSR count). The van der Waals surface area contributed by atoms with Crippen molar-refractivity contribution >= 4 is 11.6 Å². The van der Waals surface area contributed by atoms with Crippen LogP contribution in [0.15, 0.2) is 23.8 Å². The predicted molar refractivity (Wildman–Crippen MR) is 123 cm³/mol. The number of carbonyl (C=O) groups excluding carboxylic acids is 2. The maximum atomic E-state index is 13.5. The molecule has 0 aromatic carbocycles. The molecule has 0 aromatic rings. The summed E-state index contributed by atoms with van der Waals surface area (Å²) < 4.78 is 0. The first kappa shape index (κ1) is 23.0. The Bertz CT molecular complexity index is 955. The van der Waals surface area contributed by atoms with Crippen molar-refractivity contribution in [1.82, 2.24) is 5.23 Å². The molecule has 34 heavy (non-hydrogen) atoms. The summed E-state index contributed by atoms with van der Waals surface area (Å²) in [5, 5.41) is 23.3. The summed E-state index contributed by atoms with van der Waals surface area (Å²) >= 11 is 0. The first-order chi connectivity index (χ1) is 16.2. The van der Waals surface area contributed by atoms with Gasteiger partial charge in [0.05, 0.1) is 12.1 Å². The van der Waals surface area contributed by atoms with Crippen LogP contribution in [0.25, 0.3) is 0 Å². The van der Waals surface area contributed by atoms with Gasteiger partial charge in [-0.25, -0.2) is 0 Å². The second kappa shape index (κ2) is 7.81. The van der Waals surface area contributed by atoms with E-state index in [1.165, 1.54) is 6.42 Å². The van der Waals surface area contributed by atoms with Gasteiger partial charge < -0.3 is 10.2 Å². The molecule has 0 radical (unpaired) electrons. The van der Waals surface area contributed by atoms with Crippen molar-refractivity contribution in [2.24, 2.45) is 28.6 Å². The van der Waals surface area contributed by atoms with E-state index in [2.05, 4.69) is 13.8 Å². The standard InChI is InChI=1S/C27H37NO6/c1-25-11-10-18(30)12-16(25)8-9-19-20-13-23-27(22(32)15-29,26(20,2)14-21(31)24(19)25)34-28(33-23)17-6-4-3-5-7-17/h10-12,17,19-21,23-24,29,31H,3-9,13-15H2,1-2H3/t19?,20?,21?,23?,24?,25-,26-,27?/m0/s1. The average molecular weight is 472 g/mol. The molecule has 0 amide bonds. The molecule has 6 aliphatic rings. The van der Waals surface area contributed by atoms with Crippen molar-refractivity contribution in [3.8, 4) is 0 Å². The van der Waals surface area contributed by atoms with Crippen LogP contribution >= 0.6 is 0 Å². The number of hydrogen-bond acceptors (Lipinski definition) is 7. The molecule has 4 saturated carbocycles. The maximum Gasteiger partial charge on any atom is 0.195 e. The molecular formula is C27H37NO6. The molecule has 5 aliphatic carbocycles. The van der Waals surface area contributed by atoms with Crippen molar-refractivity contribution < 1.29 is 29.5 Å². The summed E-state index contributed by atoms with van der Waals surface area (Å²) in [5.74, 6) is -0.0346. The van der Waals surface area contributed by atoms with E-state index in [0.717, 1.165) is 44.1 Å². The van der Waals surface area contributed by atoms with Gasteiger partial charge in [0.15, 0.2) is 17.2 Å². The number of ketones is 2. The number of nitrogens with zero attached hydrogens (tertiary/aromatic N) is 1. The van der Waals surface area contributed by atoms with E-state index in [4.69, 9.17) is 9.68 Å². The number of aliphatic hydroxyl groups is 2. The smallest absolute Gasteiger partial charge is 0.195 e. The van der Waals surface area contributed by atoms with Gasteiger partial charge in [0.2, 0.25) is 0 Å². The Morgan fingerprint density at radius 2 is 1.97 bits per heavy atom. The second-order valence-corrected chi connectivity index (χ2v) is 12.0. The number of allylic oxidation sites excluding steroid dienone is 4. The van der Waals surface area contributed by atoms with E-state index in [-0.39, 0.29) is 40.8 Å². The number of rotatable bonds is 3. The largest absolute Gasteiger partial charge is 0.393 e. The van der Waals surface area contributed by atoms with Crippen LogP contribution in [0.1, 0.15) is 71.6 Å². The Labute approximate surface area is 201 Å². The Kier molecular flexibility index (Phi) is 5.29. The third kappa shape index (κ3) is 2.88. The van der Waals surface area contributed by atoms with Crippen LogP contribution in [-0.4, -0.2) is 57.5 Å². The molecule has 5 fully saturated rings. The molecule has 8 atom stereocenters. The summed E-state index contributed by atoms with van der Waals surface area (Å²) in [6.45, 7) is 3.62. The molecule has 7 heteroatoms. The molecule has 1 aliphatic heterocycles. The lowest BCUT2D eigenvalue weighted by Gasteiger charge is -2.59. The van der Waals surface area contributed by atoms with Crippen molar-refractivity contribution in [3.05, 3.63) is 23.8 Å². The van der Waals surface area contributed by atoms with Crippen LogP contribution in [0.4, 0.5) is 0 Å². The molecule has 0 bridgehead atoms. The molecule has 2 N–H and O–H groups in total. The van der Waals surface area contributed by atoms with Crippen molar-refractivity contribution in [2.75, 3.05) is 6.61 Å². The van der Waals surface area contributed by atoms with E-state index in [1.807, 2.05) is 6.08 Å². The van der Waals surface area contributed by atoms with E-state index in [9.17, 15) is 19.8 Å². The Morgan fingerprint density at radius 1 is 1.21 bits per heavy atom. The van der Waals surface area contributed by atoms with Gasteiger partial charge in [0.1, 0.15) is 12.7 Å². The van der Waals surface area contributed by atoms with Crippen molar-refractivity contribution in [2.45, 2.75) is 95.5 Å². The topological polar surface area (TPSA) is 96.3 Å². The lowest BCUT2D eigenvalue weighted by atomic mass is 9.46. The third-order valence-corrected chi connectivity index (χ3v) is 10.6. The Balaban J connectivity index is 1.37. The van der Waals surface area contributed by atoms with E-state index in [0.29, 0.717) is 12.8 Å². The SMILES string of the molecule is C[C@]12C=CC(=O)C=C1CCC1C2C(O)C[C@@]2(C)C1CC1ON(C3CCCCC3)OC12C(=O)CO. The fourth-order valence-electron chi connectivity index (χ4n) is 8.99. The van der Waals surface area contributed by atoms with Crippen molar-refractivity contribution in [1.29, 1.82) is 0 Å². The van der Waals surface area contributed by atoms with Gasteiger partial charge >= 0.3 is 0 Å². The molecule has 0 aromatic heterocycles. The lowest BCUT2D eigenvalue weighted by Crippen LogP contribution is -2.63. The number of aliphatic hydroxyl groups excluding tert-OH is 2. The van der Waals surface area contributed by atoms with Crippen LogP contribution in [0.5, 0.6) is 0 Å². The Morgan fingerprint density at radius 3 is 2.71 bits per heavy atom. The van der Waals surface area contributed by atoms with Crippen LogP contribution in [0.3, 0.4) is 0 Å². The number of hydroxylamine groups is 2. The first-order valence-corrected chi connectivity index (χ1v) is 13.2. The number of Topliss-reactive ketones (excluding diaryl/α,β-unsaturated/α-hetero) is 1. The van der Waals surface area contributed by atoms with Crippen LogP contribution in [0, 0.1) is 28.6 Å². The summed E-state index contributed by atoms with van der Waals surface area (Å²) in [6.07, 6.45) is 12.4. The van der Waals surface area contributed by atoms with Gasteiger partial charge in [-0.3, -0.25) is 19.3 Å². The molecule has 1 saturated heterocycles. The fourth-order valence-corrected chi connectivity index (χ4v) is 8.99. The molecule has 0 spiro atoms. The quantitative estimate of drug-likeness (QED) is 0.653. The first-order valence-electron chi connectivity index (χ1n) is 13.2. The summed E-state index contributed by atoms with van der Waals surface area (Å²) in [4.78, 5) is 38.5. The highest BCUT2D eigenvalue weighted by molar-refractivity contribution is 6.01. The highest BCUT2D eigenvalue weighted by atomic mass is 17.0. The van der Waals surface area contributed by atoms with Gasteiger partial charge in [-0.2, -0.15) is 0 Å². The van der Waals surface area contributed by atoms with Crippen LogP contribution in [0.2, 0.25) is 0 Å². The minimum Gasteiger partial charge on any atom is -0.393 e. The van der Waals surface area contributed by atoms with Gasteiger partial charge in [0.25, 0.3) is 0 Å². The molecule has 186 valence electrons. The summed E-state index contributed by atoms with van der Waals surface area (Å²) in [5.41, 5.74) is -1.17. The monoisotopic (exact) mass is 471 g/mol.